The maximum atomic E-state index is 12.6. The minimum absolute atomic E-state index is 0.00977. The Bertz CT molecular complexity index is 898. The van der Waals surface area contributed by atoms with E-state index in [-0.39, 0.29) is 17.7 Å². The molecule has 27 heavy (non-hydrogen) atoms. The number of thioether (sulfide) groups is 1. The summed E-state index contributed by atoms with van der Waals surface area (Å²) in [5.41, 5.74) is 2.00. The van der Waals surface area contributed by atoms with Gasteiger partial charge in [-0.05, 0) is 24.6 Å². The average Bonchev–Trinajstić information content (AvgIpc) is 3.20. The van der Waals surface area contributed by atoms with E-state index in [0.717, 1.165) is 17.0 Å². The topological polar surface area (TPSA) is 60.2 Å². The summed E-state index contributed by atoms with van der Waals surface area (Å²) in [4.78, 5) is 14.4. The van der Waals surface area contributed by atoms with Crippen molar-refractivity contribution in [3.8, 4) is 11.4 Å². The molecule has 1 amide bonds. The minimum Gasteiger partial charge on any atom is -0.497 e. The van der Waals surface area contributed by atoms with Crippen LogP contribution in [-0.2, 0) is 4.79 Å². The molecule has 3 rings (SSSR count). The Hall–Kier alpha value is -2.80. The second-order valence-electron chi connectivity index (χ2n) is 6.06. The van der Waals surface area contributed by atoms with Crippen LogP contribution >= 0.6 is 11.8 Å². The number of ether oxygens (including phenoxy) is 1. The van der Waals surface area contributed by atoms with Crippen molar-refractivity contribution in [3.63, 3.8) is 0 Å². The van der Waals surface area contributed by atoms with Crippen LogP contribution in [0, 0.1) is 0 Å². The van der Waals surface area contributed by atoms with Gasteiger partial charge in [-0.2, -0.15) is 0 Å². The van der Waals surface area contributed by atoms with Crippen LogP contribution in [0.15, 0.2) is 66.1 Å². The summed E-state index contributed by atoms with van der Waals surface area (Å²) in [6, 6.07) is 17.6. The molecule has 0 fully saturated rings. The van der Waals surface area contributed by atoms with Gasteiger partial charge in [-0.3, -0.25) is 9.36 Å². The molecule has 0 bridgehead atoms. The third kappa shape index (κ3) is 4.49. The van der Waals surface area contributed by atoms with Gasteiger partial charge in [0.1, 0.15) is 12.1 Å². The Morgan fingerprint density at radius 3 is 2.74 bits per heavy atom. The number of amides is 1. The molecule has 1 heterocycles. The second kappa shape index (κ2) is 8.73. The lowest BCUT2D eigenvalue weighted by Gasteiger charge is -2.25. The van der Waals surface area contributed by atoms with Gasteiger partial charge < -0.3 is 9.64 Å². The van der Waals surface area contributed by atoms with Crippen molar-refractivity contribution in [2.24, 2.45) is 0 Å². The molecule has 140 valence electrons. The number of carbonyl (C=O) groups excluding carboxylic acids is 1. The molecular formula is C20H22N4O2S. The van der Waals surface area contributed by atoms with Crippen molar-refractivity contribution >= 4 is 17.7 Å². The molecule has 0 spiro atoms. The molecule has 0 saturated heterocycles. The number of rotatable bonds is 7. The van der Waals surface area contributed by atoms with Gasteiger partial charge in [-0.15, -0.1) is 10.2 Å². The van der Waals surface area contributed by atoms with Gasteiger partial charge in [0, 0.05) is 13.1 Å². The number of nitrogens with zero attached hydrogens (tertiary/aromatic N) is 4. The Balaban J connectivity index is 1.67. The molecule has 0 N–H and O–H groups in total. The van der Waals surface area contributed by atoms with Gasteiger partial charge >= 0.3 is 0 Å². The molecule has 1 atom stereocenters. The van der Waals surface area contributed by atoms with Crippen LogP contribution in [0.1, 0.15) is 18.5 Å². The average molecular weight is 382 g/mol. The first-order chi connectivity index (χ1) is 13.1. The molecule has 0 aliphatic rings. The highest BCUT2D eigenvalue weighted by molar-refractivity contribution is 7.99. The maximum absolute atomic E-state index is 12.6. The maximum Gasteiger partial charge on any atom is 0.233 e. The minimum atomic E-state index is 0.00977. The van der Waals surface area contributed by atoms with Crippen molar-refractivity contribution in [1.82, 2.24) is 19.7 Å². The lowest BCUT2D eigenvalue weighted by Crippen LogP contribution is -2.31. The van der Waals surface area contributed by atoms with Crippen LogP contribution in [0.25, 0.3) is 5.69 Å². The first kappa shape index (κ1) is 19.0. The quantitative estimate of drug-likeness (QED) is 0.585. The molecule has 2 aromatic carbocycles. The van der Waals surface area contributed by atoms with Gasteiger partial charge in [0.25, 0.3) is 0 Å². The van der Waals surface area contributed by atoms with Crippen LogP contribution in [0.3, 0.4) is 0 Å². The molecule has 1 aromatic heterocycles. The first-order valence-corrected chi connectivity index (χ1v) is 9.56. The van der Waals surface area contributed by atoms with E-state index in [1.807, 2.05) is 73.1 Å². The van der Waals surface area contributed by atoms with Gasteiger partial charge in [-0.25, -0.2) is 0 Å². The van der Waals surface area contributed by atoms with Crippen LogP contribution in [0.4, 0.5) is 0 Å². The standard InChI is InChI=1S/C20H22N4O2S/c1-15(16-8-5-4-6-9-16)23(2)19(25)13-27-20-22-21-14-24(20)17-10-7-11-18(12-17)26-3/h4-12,14-15H,13H2,1-3H3/t15-/m1/s1. The summed E-state index contributed by atoms with van der Waals surface area (Å²) in [6.45, 7) is 2.02. The van der Waals surface area contributed by atoms with Gasteiger partial charge in [-0.1, -0.05) is 48.2 Å². The normalized spacial score (nSPS) is 11.8. The Kier molecular flexibility index (Phi) is 6.13. The number of benzene rings is 2. The number of aromatic nitrogens is 3. The SMILES string of the molecule is COc1cccc(-n2cnnc2SCC(=O)N(C)[C@H](C)c2ccccc2)c1. The van der Waals surface area contributed by atoms with E-state index in [2.05, 4.69) is 10.2 Å². The van der Waals surface area contributed by atoms with E-state index < -0.39 is 0 Å². The van der Waals surface area contributed by atoms with Crippen molar-refractivity contribution in [2.45, 2.75) is 18.1 Å². The van der Waals surface area contributed by atoms with Crippen LogP contribution in [0.5, 0.6) is 5.75 Å². The molecule has 0 saturated carbocycles. The number of hydrogen-bond acceptors (Lipinski definition) is 5. The van der Waals surface area contributed by atoms with Crippen LogP contribution < -0.4 is 4.74 Å². The summed E-state index contributed by atoms with van der Waals surface area (Å²) in [6.07, 6.45) is 1.64. The van der Waals surface area contributed by atoms with E-state index in [4.69, 9.17) is 4.74 Å². The number of carbonyl (C=O) groups is 1. The van der Waals surface area contributed by atoms with E-state index in [9.17, 15) is 4.79 Å². The van der Waals surface area contributed by atoms with Crippen LogP contribution in [0.2, 0.25) is 0 Å². The lowest BCUT2D eigenvalue weighted by atomic mass is 10.1. The van der Waals surface area contributed by atoms with E-state index in [1.165, 1.54) is 11.8 Å². The van der Waals surface area contributed by atoms with Crippen LogP contribution in [-0.4, -0.2) is 45.5 Å². The third-order valence-corrected chi connectivity index (χ3v) is 5.36. The summed E-state index contributed by atoms with van der Waals surface area (Å²) < 4.78 is 7.12. The predicted molar refractivity (Wildman–Crippen MR) is 106 cm³/mol. The largest absolute Gasteiger partial charge is 0.497 e. The third-order valence-electron chi connectivity index (χ3n) is 4.43. The fourth-order valence-corrected chi connectivity index (χ4v) is 3.51. The highest BCUT2D eigenvalue weighted by Gasteiger charge is 2.18. The molecule has 6 nitrogen and oxygen atoms in total. The van der Waals surface area contributed by atoms with Gasteiger partial charge in [0.2, 0.25) is 5.91 Å². The summed E-state index contributed by atoms with van der Waals surface area (Å²) in [5.74, 6) is 1.08. The monoisotopic (exact) mass is 382 g/mol. The zero-order valence-electron chi connectivity index (χ0n) is 15.6. The fourth-order valence-electron chi connectivity index (χ4n) is 2.66. The summed E-state index contributed by atoms with van der Waals surface area (Å²) in [5, 5.41) is 8.80. The van der Waals surface area contributed by atoms with E-state index in [0.29, 0.717) is 5.16 Å². The van der Waals surface area contributed by atoms with Crippen molar-refractivity contribution < 1.29 is 9.53 Å². The molecule has 7 heteroatoms. The Labute approximate surface area is 163 Å². The molecule has 0 unspecified atom stereocenters. The van der Waals surface area contributed by atoms with E-state index in [1.54, 1.807) is 18.3 Å². The zero-order valence-corrected chi connectivity index (χ0v) is 16.4. The fraction of sp³-hybridized carbons (Fsp3) is 0.250. The highest BCUT2D eigenvalue weighted by Crippen LogP contribution is 2.24. The van der Waals surface area contributed by atoms with Crippen molar-refractivity contribution in [3.05, 3.63) is 66.5 Å². The molecule has 0 aliphatic heterocycles. The van der Waals surface area contributed by atoms with Crippen molar-refractivity contribution in [1.29, 1.82) is 0 Å². The van der Waals surface area contributed by atoms with Gasteiger partial charge in [0.05, 0.1) is 24.6 Å². The number of hydrogen-bond donors (Lipinski definition) is 0. The molecular weight excluding hydrogens is 360 g/mol. The highest BCUT2D eigenvalue weighted by atomic mass is 32.2. The summed E-state index contributed by atoms with van der Waals surface area (Å²) >= 11 is 1.37. The predicted octanol–water partition coefficient (Wildman–Crippen LogP) is 3.59. The Morgan fingerprint density at radius 1 is 1.22 bits per heavy atom. The van der Waals surface area contributed by atoms with Gasteiger partial charge in [0.15, 0.2) is 5.16 Å². The number of methoxy groups -OCH3 is 1. The molecule has 0 aliphatic carbocycles. The smallest absolute Gasteiger partial charge is 0.233 e. The molecule has 0 radical (unpaired) electrons. The Morgan fingerprint density at radius 2 is 2.00 bits per heavy atom. The van der Waals surface area contributed by atoms with E-state index >= 15 is 0 Å². The zero-order chi connectivity index (χ0) is 19.2. The second-order valence-corrected chi connectivity index (χ2v) is 7.01. The lowest BCUT2D eigenvalue weighted by molar-refractivity contribution is -0.128. The first-order valence-electron chi connectivity index (χ1n) is 8.58. The summed E-state index contributed by atoms with van der Waals surface area (Å²) in [7, 11) is 3.46. The molecule has 3 aromatic rings. The van der Waals surface area contributed by atoms with Crippen molar-refractivity contribution in [2.75, 3.05) is 19.9 Å².